The lowest BCUT2D eigenvalue weighted by molar-refractivity contribution is -0.118. The molecular weight excluding hydrogens is 220 g/mol. The molecule has 1 aromatic rings. The summed E-state index contributed by atoms with van der Waals surface area (Å²) in [6.45, 7) is 0.447. The van der Waals surface area contributed by atoms with Crippen LogP contribution in [0.3, 0.4) is 0 Å². The molecule has 1 amide bonds. The molecule has 0 saturated heterocycles. The monoisotopic (exact) mass is 236 g/mol. The number of hydrogen-bond donors (Lipinski definition) is 2. The number of nitrogens with one attached hydrogen (secondary N) is 1. The van der Waals surface area contributed by atoms with E-state index < -0.39 is 6.09 Å². The van der Waals surface area contributed by atoms with Crippen molar-refractivity contribution in [3.63, 3.8) is 0 Å². The van der Waals surface area contributed by atoms with Crippen LogP contribution in [-0.4, -0.2) is 25.0 Å². The van der Waals surface area contributed by atoms with Crippen LogP contribution in [0, 0.1) is 0 Å². The lowest BCUT2D eigenvalue weighted by Gasteiger charge is -2.06. The van der Waals surface area contributed by atoms with Crippen molar-refractivity contribution >= 4 is 11.9 Å². The summed E-state index contributed by atoms with van der Waals surface area (Å²) in [5.74, 6) is -0.107. The Morgan fingerprint density at radius 2 is 1.94 bits per heavy atom. The van der Waals surface area contributed by atoms with Crippen LogP contribution in [0.25, 0.3) is 0 Å². The van der Waals surface area contributed by atoms with Gasteiger partial charge in [-0.3, -0.25) is 4.79 Å². The van der Waals surface area contributed by atoms with Crippen molar-refractivity contribution in [2.45, 2.75) is 13.0 Å². The number of nitrogens with two attached hydrogens (primary N) is 1. The van der Waals surface area contributed by atoms with E-state index in [0.717, 1.165) is 5.56 Å². The molecule has 3 N–H and O–H groups in total. The smallest absolute Gasteiger partial charge is 0.407 e. The van der Waals surface area contributed by atoms with Gasteiger partial charge in [0.25, 0.3) is 0 Å². The molecule has 0 atom stereocenters. The molecule has 0 spiro atoms. The van der Waals surface area contributed by atoms with Gasteiger partial charge in [-0.25, -0.2) is 4.79 Å². The number of carbonyl (C=O) groups is 2. The third-order valence-electron chi connectivity index (χ3n) is 2.07. The highest BCUT2D eigenvalue weighted by molar-refractivity contribution is 5.84. The number of alkyl carbamates (subject to hydrolysis) is 1. The number of ketones is 1. The summed E-state index contributed by atoms with van der Waals surface area (Å²) in [5, 5.41) is 2.37. The first-order valence-electron chi connectivity index (χ1n) is 5.38. The van der Waals surface area contributed by atoms with Gasteiger partial charge in [0.15, 0.2) is 5.78 Å². The lowest BCUT2D eigenvalue weighted by Crippen LogP contribution is -2.30. The van der Waals surface area contributed by atoms with Gasteiger partial charge < -0.3 is 15.8 Å². The van der Waals surface area contributed by atoms with Crippen LogP contribution >= 0.6 is 0 Å². The summed E-state index contributed by atoms with van der Waals surface area (Å²) >= 11 is 0. The standard InChI is InChI=1S/C12H16N2O3/c13-7-6-11(15)8-14-12(16)17-9-10-4-2-1-3-5-10/h1-5H,6-9,13H2,(H,14,16). The zero-order chi connectivity index (χ0) is 12.5. The highest BCUT2D eigenvalue weighted by Gasteiger charge is 2.05. The van der Waals surface area contributed by atoms with Crippen molar-refractivity contribution in [2.24, 2.45) is 5.73 Å². The summed E-state index contributed by atoms with van der Waals surface area (Å²) in [7, 11) is 0. The van der Waals surface area contributed by atoms with Gasteiger partial charge in [0, 0.05) is 6.42 Å². The molecule has 0 aliphatic carbocycles. The van der Waals surface area contributed by atoms with Crippen molar-refractivity contribution < 1.29 is 14.3 Å². The molecule has 92 valence electrons. The fraction of sp³-hybridized carbons (Fsp3) is 0.333. The minimum atomic E-state index is -0.598. The van der Waals surface area contributed by atoms with E-state index in [1.165, 1.54) is 0 Å². The largest absolute Gasteiger partial charge is 0.445 e. The third-order valence-corrected chi connectivity index (χ3v) is 2.07. The van der Waals surface area contributed by atoms with Gasteiger partial charge in [-0.15, -0.1) is 0 Å². The van der Waals surface area contributed by atoms with E-state index in [1.54, 1.807) is 0 Å². The Bertz CT molecular complexity index is 365. The van der Waals surface area contributed by atoms with Gasteiger partial charge >= 0.3 is 6.09 Å². The molecule has 1 rings (SSSR count). The summed E-state index contributed by atoms with van der Waals surface area (Å²) in [6, 6.07) is 9.32. The molecule has 0 aliphatic rings. The van der Waals surface area contributed by atoms with Gasteiger partial charge in [0.05, 0.1) is 6.54 Å². The normalized spacial score (nSPS) is 9.71. The highest BCUT2D eigenvalue weighted by atomic mass is 16.5. The summed E-state index contributed by atoms with van der Waals surface area (Å²) in [5.41, 5.74) is 6.10. The van der Waals surface area contributed by atoms with Gasteiger partial charge in [-0.05, 0) is 12.1 Å². The maximum absolute atomic E-state index is 11.2. The second-order valence-electron chi connectivity index (χ2n) is 3.49. The summed E-state index contributed by atoms with van der Waals surface area (Å²) in [4.78, 5) is 22.3. The minimum Gasteiger partial charge on any atom is -0.445 e. The number of hydrogen-bond acceptors (Lipinski definition) is 4. The van der Waals surface area contributed by atoms with Crippen LogP contribution in [0.1, 0.15) is 12.0 Å². The molecule has 0 heterocycles. The van der Waals surface area contributed by atoms with Crippen LogP contribution in [0.2, 0.25) is 0 Å². The van der Waals surface area contributed by atoms with E-state index in [0.29, 0.717) is 6.54 Å². The lowest BCUT2D eigenvalue weighted by atomic mass is 10.2. The topological polar surface area (TPSA) is 81.4 Å². The van der Waals surface area contributed by atoms with Gasteiger partial charge in [-0.1, -0.05) is 30.3 Å². The average Bonchev–Trinajstić information content (AvgIpc) is 2.35. The Balaban J connectivity index is 2.20. The fourth-order valence-corrected chi connectivity index (χ4v) is 1.19. The molecule has 0 saturated carbocycles. The quantitative estimate of drug-likeness (QED) is 0.766. The Morgan fingerprint density at radius 1 is 1.24 bits per heavy atom. The molecule has 17 heavy (non-hydrogen) atoms. The SMILES string of the molecule is NCCC(=O)CNC(=O)OCc1ccccc1. The first-order chi connectivity index (χ1) is 8.22. The molecule has 0 bridgehead atoms. The highest BCUT2D eigenvalue weighted by Crippen LogP contribution is 2.00. The molecule has 1 aromatic carbocycles. The molecule has 0 aliphatic heterocycles. The average molecular weight is 236 g/mol. The van der Waals surface area contributed by atoms with Crippen LogP contribution in [0.5, 0.6) is 0 Å². The maximum Gasteiger partial charge on any atom is 0.407 e. The Kier molecular flexibility index (Phi) is 5.74. The Morgan fingerprint density at radius 3 is 2.59 bits per heavy atom. The van der Waals surface area contributed by atoms with E-state index >= 15 is 0 Å². The van der Waals surface area contributed by atoms with E-state index in [9.17, 15) is 9.59 Å². The zero-order valence-corrected chi connectivity index (χ0v) is 9.52. The van der Waals surface area contributed by atoms with E-state index in [1.807, 2.05) is 30.3 Å². The second-order valence-corrected chi connectivity index (χ2v) is 3.49. The zero-order valence-electron chi connectivity index (χ0n) is 9.52. The molecule has 0 unspecified atom stereocenters. The molecule has 5 heteroatoms. The second kappa shape index (κ2) is 7.40. The van der Waals surface area contributed by atoms with Crippen molar-refractivity contribution in [2.75, 3.05) is 13.1 Å². The predicted molar refractivity (Wildman–Crippen MR) is 63.3 cm³/mol. The Hall–Kier alpha value is -1.88. The Labute approximate surface area is 99.9 Å². The maximum atomic E-state index is 11.2. The number of ether oxygens (including phenoxy) is 1. The van der Waals surface area contributed by atoms with Crippen LogP contribution < -0.4 is 11.1 Å². The minimum absolute atomic E-state index is 0.0369. The van der Waals surface area contributed by atoms with Crippen LogP contribution in [0.4, 0.5) is 4.79 Å². The number of amides is 1. The van der Waals surface area contributed by atoms with Crippen molar-refractivity contribution in [3.8, 4) is 0 Å². The van der Waals surface area contributed by atoms with Gasteiger partial charge in [0.1, 0.15) is 6.61 Å². The van der Waals surface area contributed by atoms with Crippen LogP contribution in [0.15, 0.2) is 30.3 Å². The molecule has 0 fully saturated rings. The van der Waals surface area contributed by atoms with Crippen molar-refractivity contribution in [3.05, 3.63) is 35.9 Å². The molecule has 0 radical (unpaired) electrons. The number of carbonyl (C=O) groups excluding carboxylic acids is 2. The molecule has 0 aromatic heterocycles. The first-order valence-corrected chi connectivity index (χ1v) is 5.38. The number of benzene rings is 1. The summed E-state index contributed by atoms with van der Waals surface area (Å²) < 4.78 is 4.92. The van der Waals surface area contributed by atoms with Gasteiger partial charge in [0.2, 0.25) is 0 Å². The van der Waals surface area contributed by atoms with E-state index in [2.05, 4.69) is 5.32 Å². The third kappa shape index (κ3) is 5.67. The van der Waals surface area contributed by atoms with Gasteiger partial charge in [-0.2, -0.15) is 0 Å². The fourth-order valence-electron chi connectivity index (χ4n) is 1.19. The number of rotatable bonds is 6. The first kappa shape index (κ1) is 13.2. The van der Waals surface area contributed by atoms with Crippen LogP contribution in [-0.2, 0) is 16.1 Å². The predicted octanol–water partition coefficient (Wildman–Crippen LogP) is 0.831. The van der Waals surface area contributed by atoms with Crippen molar-refractivity contribution in [1.82, 2.24) is 5.32 Å². The van der Waals surface area contributed by atoms with Crippen molar-refractivity contribution in [1.29, 1.82) is 0 Å². The molecular formula is C12H16N2O3. The van der Waals surface area contributed by atoms with E-state index in [-0.39, 0.29) is 25.4 Å². The molecule has 5 nitrogen and oxygen atoms in total. The number of Topliss-reactive ketones (excluding diaryl/α,β-unsaturated/α-hetero) is 1. The summed E-state index contributed by atoms with van der Waals surface area (Å²) in [6.07, 6.45) is -0.335. The van der Waals surface area contributed by atoms with E-state index in [4.69, 9.17) is 10.5 Å².